The lowest BCUT2D eigenvalue weighted by molar-refractivity contribution is 0.353. The molecule has 0 radical (unpaired) electrons. The summed E-state index contributed by atoms with van der Waals surface area (Å²) < 4.78 is 0. The van der Waals surface area contributed by atoms with Crippen LogP contribution in [0.25, 0.3) is 0 Å². The first-order valence-corrected chi connectivity index (χ1v) is 9.27. The van der Waals surface area contributed by atoms with Crippen molar-refractivity contribution in [3.8, 4) is 0 Å². The van der Waals surface area contributed by atoms with Gasteiger partial charge in [0.1, 0.15) is 0 Å². The van der Waals surface area contributed by atoms with Crippen molar-refractivity contribution in [3.63, 3.8) is 0 Å². The number of rotatable bonds is 5. The van der Waals surface area contributed by atoms with Gasteiger partial charge in [-0.05, 0) is 49.5 Å². The van der Waals surface area contributed by atoms with Gasteiger partial charge in [-0.1, -0.05) is 44.5 Å². The number of benzene rings is 1. The SMILES string of the molecule is CSC1CCCC(NC(C)c2ccc(C(C)C)cc2)C1. The molecule has 1 aromatic carbocycles. The van der Waals surface area contributed by atoms with Gasteiger partial charge in [-0.25, -0.2) is 0 Å². The smallest absolute Gasteiger partial charge is 0.0294 e. The van der Waals surface area contributed by atoms with Gasteiger partial charge in [0.25, 0.3) is 0 Å². The van der Waals surface area contributed by atoms with Crippen LogP contribution in [0.15, 0.2) is 24.3 Å². The summed E-state index contributed by atoms with van der Waals surface area (Å²) in [6.45, 7) is 6.80. The third-order valence-corrected chi connectivity index (χ3v) is 5.64. The largest absolute Gasteiger partial charge is 0.307 e. The first kappa shape index (κ1) is 15.9. The number of hydrogen-bond donors (Lipinski definition) is 1. The molecule has 3 unspecified atom stereocenters. The Morgan fingerprint density at radius 2 is 1.70 bits per heavy atom. The van der Waals surface area contributed by atoms with Crippen molar-refractivity contribution in [2.24, 2.45) is 0 Å². The summed E-state index contributed by atoms with van der Waals surface area (Å²) in [5, 5.41) is 4.69. The second-order valence-electron chi connectivity index (χ2n) is 6.43. The van der Waals surface area contributed by atoms with E-state index < -0.39 is 0 Å². The van der Waals surface area contributed by atoms with E-state index in [2.05, 4.69) is 56.6 Å². The summed E-state index contributed by atoms with van der Waals surface area (Å²) in [6.07, 6.45) is 7.70. The van der Waals surface area contributed by atoms with Crippen molar-refractivity contribution in [3.05, 3.63) is 35.4 Å². The second kappa shape index (κ2) is 7.51. The van der Waals surface area contributed by atoms with Crippen molar-refractivity contribution < 1.29 is 0 Å². The summed E-state index contributed by atoms with van der Waals surface area (Å²) in [5.74, 6) is 0.619. The summed E-state index contributed by atoms with van der Waals surface area (Å²) in [4.78, 5) is 0. The van der Waals surface area contributed by atoms with Gasteiger partial charge in [0.2, 0.25) is 0 Å². The van der Waals surface area contributed by atoms with Crippen LogP contribution in [-0.2, 0) is 0 Å². The van der Waals surface area contributed by atoms with E-state index in [9.17, 15) is 0 Å². The molecule has 0 heterocycles. The first-order valence-electron chi connectivity index (χ1n) is 7.99. The molecule has 2 heteroatoms. The molecule has 0 aromatic heterocycles. The lowest BCUT2D eigenvalue weighted by Crippen LogP contribution is -2.36. The maximum atomic E-state index is 3.83. The van der Waals surface area contributed by atoms with Gasteiger partial charge in [0, 0.05) is 17.3 Å². The normalized spacial score (nSPS) is 24.9. The number of hydrogen-bond acceptors (Lipinski definition) is 2. The molecule has 2 rings (SSSR count). The Bertz CT molecular complexity index is 398. The van der Waals surface area contributed by atoms with E-state index in [0.717, 1.165) is 5.25 Å². The van der Waals surface area contributed by atoms with Crippen molar-refractivity contribution >= 4 is 11.8 Å². The van der Waals surface area contributed by atoms with Gasteiger partial charge in [-0.2, -0.15) is 11.8 Å². The Labute approximate surface area is 128 Å². The Hall–Kier alpha value is -0.470. The highest BCUT2D eigenvalue weighted by atomic mass is 32.2. The predicted octanol–water partition coefficient (Wildman–Crippen LogP) is 5.13. The predicted molar refractivity (Wildman–Crippen MR) is 91.6 cm³/mol. The van der Waals surface area contributed by atoms with E-state index in [4.69, 9.17) is 0 Å². The summed E-state index contributed by atoms with van der Waals surface area (Å²) in [7, 11) is 0. The minimum absolute atomic E-state index is 0.460. The van der Waals surface area contributed by atoms with E-state index >= 15 is 0 Å². The van der Waals surface area contributed by atoms with Gasteiger partial charge in [-0.3, -0.25) is 0 Å². The molecule has 1 aliphatic carbocycles. The molecule has 0 aliphatic heterocycles. The molecule has 1 aliphatic rings. The van der Waals surface area contributed by atoms with Crippen LogP contribution < -0.4 is 5.32 Å². The molecular formula is C18H29NS. The molecule has 112 valence electrons. The Morgan fingerprint density at radius 3 is 2.30 bits per heavy atom. The van der Waals surface area contributed by atoms with E-state index in [0.29, 0.717) is 18.0 Å². The van der Waals surface area contributed by atoms with Crippen LogP contribution in [0, 0.1) is 0 Å². The van der Waals surface area contributed by atoms with Crippen LogP contribution >= 0.6 is 11.8 Å². The van der Waals surface area contributed by atoms with E-state index in [1.165, 1.54) is 36.8 Å². The Balaban J connectivity index is 1.92. The molecule has 0 spiro atoms. The topological polar surface area (TPSA) is 12.0 Å². The summed E-state index contributed by atoms with van der Waals surface area (Å²) in [5.41, 5.74) is 2.85. The van der Waals surface area contributed by atoms with Crippen molar-refractivity contribution in [1.82, 2.24) is 5.32 Å². The van der Waals surface area contributed by atoms with Crippen molar-refractivity contribution in [1.29, 1.82) is 0 Å². The van der Waals surface area contributed by atoms with Gasteiger partial charge in [0.15, 0.2) is 0 Å². The molecule has 1 fully saturated rings. The maximum Gasteiger partial charge on any atom is 0.0294 e. The monoisotopic (exact) mass is 291 g/mol. The molecule has 0 saturated heterocycles. The average molecular weight is 292 g/mol. The fourth-order valence-electron chi connectivity index (χ4n) is 3.13. The van der Waals surface area contributed by atoms with E-state index in [1.54, 1.807) is 0 Å². The first-order chi connectivity index (χ1) is 9.60. The van der Waals surface area contributed by atoms with Gasteiger partial charge >= 0.3 is 0 Å². The number of thioether (sulfide) groups is 1. The minimum atomic E-state index is 0.460. The van der Waals surface area contributed by atoms with Crippen LogP contribution in [0.2, 0.25) is 0 Å². The van der Waals surface area contributed by atoms with Crippen molar-refractivity contribution in [2.45, 2.75) is 69.7 Å². The standard InChI is InChI=1S/C18H29NS/c1-13(2)15-8-10-16(11-9-15)14(3)19-17-6-5-7-18(12-17)20-4/h8-11,13-14,17-19H,5-7,12H2,1-4H3. The zero-order valence-electron chi connectivity index (χ0n) is 13.4. The summed E-state index contributed by atoms with van der Waals surface area (Å²) in [6, 6.07) is 10.3. The van der Waals surface area contributed by atoms with Crippen LogP contribution in [0.5, 0.6) is 0 Å². The maximum absolute atomic E-state index is 3.83. The average Bonchev–Trinajstić information content (AvgIpc) is 2.47. The third kappa shape index (κ3) is 4.26. The lowest BCUT2D eigenvalue weighted by Gasteiger charge is -2.31. The van der Waals surface area contributed by atoms with Crippen molar-refractivity contribution in [2.75, 3.05) is 6.26 Å². The Morgan fingerprint density at radius 1 is 1.05 bits per heavy atom. The van der Waals surface area contributed by atoms with E-state index in [-0.39, 0.29) is 0 Å². The zero-order chi connectivity index (χ0) is 14.5. The molecule has 1 aromatic rings. The summed E-state index contributed by atoms with van der Waals surface area (Å²) >= 11 is 2.04. The highest BCUT2D eigenvalue weighted by molar-refractivity contribution is 7.99. The van der Waals surface area contributed by atoms with Gasteiger partial charge in [-0.15, -0.1) is 0 Å². The highest BCUT2D eigenvalue weighted by Crippen LogP contribution is 2.28. The lowest BCUT2D eigenvalue weighted by atomic mass is 9.93. The van der Waals surface area contributed by atoms with Crippen LogP contribution in [0.1, 0.15) is 69.5 Å². The third-order valence-electron chi connectivity index (χ3n) is 4.55. The molecule has 1 N–H and O–H groups in total. The zero-order valence-corrected chi connectivity index (χ0v) is 14.2. The van der Waals surface area contributed by atoms with Crippen LogP contribution in [0.3, 0.4) is 0 Å². The van der Waals surface area contributed by atoms with Gasteiger partial charge in [0.05, 0.1) is 0 Å². The highest BCUT2D eigenvalue weighted by Gasteiger charge is 2.22. The fraction of sp³-hybridized carbons (Fsp3) is 0.667. The second-order valence-corrected chi connectivity index (χ2v) is 7.57. The van der Waals surface area contributed by atoms with Crippen LogP contribution in [-0.4, -0.2) is 17.5 Å². The quantitative estimate of drug-likeness (QED) is 0.806. The molecule has 3 atom stereocenters. The molecule has 0 amide bonds. The molecule has 1 saturated carbocycles. The van der Waals surface area contributed by atoms with Crippen LogP contribution in [0.4, 0.5) is 0 Å². The molecular weight excluding hydrogens is 262 g/mol. The molecule has 0 bridgehead atoms. The van der Waals surface area contributed by atoms with Gasteiger partial charge < -0.3 is 5.32 Å². The van der Waals surface area contributed by atoms with E-state index in [1.807, 2.05) is 11.8 Å². The molecule has 1 nitrogen and oxygen atoms in total. The molecule has 20 heavy (non-hydrogen) atoms. The fourth-order valence-corrected chi connectivity index (χ4v) is 3.96. The Kier molecular flexibility index (Phi) is 5.98. The number of nitrogens with one attached hydrogen (secondary N) is 1. The minimum Gasteiger partial charge on any atom is -0.307 e.